The number of rotatable bonds is 9. The van der Waals surface area contributed by atoms with Crippen molar-refractivity contribution in [3.05, 3.63) is 36.0 Å². The van der Waals surface area contributed by atoms with Crippen LogP contribution in [0.2, 0.25) is 0 Å². The predicted octanol–water partition coefficient (Wildman–Crippen LogP) is 2.65. The molecule has 0 saturated heterocycles. The zero-order valence-corrected chi connectivity index (χ0v) is 12.6. The van der Waals surface area contributed by atoms with Gasteiger partial charge in [0.05, 0.1) is 19.8 Å². The first kappa shape index (κ1) is 16.9. The summed E-state index contributed by atoms with van der Waals surface area (Å²) in [6.07, 6.45) is 2.86. The summed E-state index contributed by atoms with van der Waals surface area (Å²) in [7, 11) is 0. The molecule has 1 aromatic carbocycles. The van der Waals surface area contributed by atoms with Crippen molar-refractivity contribution in [2.24, 2.45) is 5.73 Å². The van der Waals surface area contributed by atoms with E-state index in [1.54, 1.807) is 6.92 Å². The van der Waals surface area contributed by atoms with Gasteiger partial charge >= 0.3 is 5.97 Å². The van der Waals surface area contributed by atoms with E-state index in [0.29, 0.717) is 31.9 Å². The first-order valence-corrected chi connectivity index (χ1v) is 7.08. The Hall–Kier alpha value is -2.17. The van der Waals surface area contributed by atoms with Gasteiger partial charge in [-0.3, -0.25) is 0 Å². The second kappa shape index (κ2) is 9.69. The quantitative estimate of drug-likeness (QED) is 0.430. The Labute approximate surface area is 125 Å². The highest BCUT2D eigenvalue weighted by Crippen LogP contribution is 2.17. The second-order valence-electron chi connectivity index (χ2n) is 4.58. The monoisotopic (exact) mass is 293 g/mol. The fourth-order valence-electron chi connectivity index (χ4n) is 1.50. The van der Waals surface area contributed by atoms with E-state index in [0.717, 1.165) is 17.9 Å². The van der Waals surface area contributed by atoms with Crippen molar-refractivity contribution in [1.82, 2.24) is 0 Å². The van der Waals surface area contributed by atoms with Crippen LogP contribution in [0.4, 0.5) is 0 Å². The van der Waals surface area contributed by atoms with Crippen LogP contribution in [0.25, 0.3) is 0 Å². The second-order valence-corrected chi connectivity index (χ2v) is 4.58. The molecule has 0 amide bonds. The molecule has 116 valence electrons. The van der Waals surface area contributed by atoms with Crippen molar-refractivity contribution in [3.63, 3.8) is 0 Å². The minimum absolute atomic E-state index is 0.306. The van der Waals surface area contributed by atoms with Crippen molar-refractivity contribution in [3.8, 4) is 11.5 Å². The molecule has 0 saturated carbocycles. The van der Waals surface area contributed by atoms with Crippen molar-refractivity contribution in [2.75, 3.05) is 19.8 Å². The number of esters is 1. The molecule has 0 aliphatic heterocycles. The summed E-state index contributed by atoms with van der Waals surface area (Å²) in [5.41, 5.74) is 5.80. The predicted molar refractivity (Wildman–Crippen MR) is 81.2 cm³/mol. The Balaban J connectivity index is 2.18. The summed E-state index contributed by atoms with van der Waals surface area (Å²) in [6, 6.07) is 7.47. The van der Waals surface area contributed by atoms with Crippen LogP contribution in [0.1, 0.15) is 26.7 Å². The van der Waals surface area contributed by atoms with E-state index in [-0.39, 0.29) is 0 Å². The van der Waals surface area contributed by atoms with E-state index in [1.807, 2.05) is 24.3 Å². The fourth-order valence-corrected chi connectivity index (χ4v) is 1.50. The molecule has 5 nitrogen and oxygen atoms in total. The van der Waals surface area contributed by atoms with Crippen LogP contribution < -0.4 is 15.2 Å². The average molecular weight is 293 g/mol. The van der Waals surface area contributed by atoms with Crippen LogP contribution in [-0.4, -0.2) is 25.8 Å². The van der Waals surface area contributed by atoms with Gasteiger partial charge in [0.25, 0.3) is 0 Å². The Bertz CT molecular complexity index is 450. The molecule has 0 bridgehead atoms. The Morgan fingerprint density at radius 1 is 1.10 bits per heavy atom. The molecule has 5 heteroatoms. The molecule has 0 fully saturated rings. The summed E-state index contributed by atoms with van der Waals surface area (Å²) < 4.78 is 16.0. The lowest BCUT2D eigenvalue weighted by Gasteiger charge is -2.08. The van der Waals surface area contributed by atoms with Crippen LogP contribution in [0.5, 0.6) is 11.5 Å². The van der Waals surface area contributed by atoms with Crippen LogP contribution >= 0.6 is 0 Å². The molecule has 2 N–H and O–H groups in total. The van der Waals surface area contributed by atoms with Crippen LogP contribution in [0, 0.1) is 0 Å². The smallest absolute Gasteiger partial charge is 0.332 e. The largest absolute Gasteiger partial charge is 0.494 e. The van der Waals surface area contributed by atoms with Gasteiger partial charge in [0.1, 0.15) is 11.5 Å². The lowest BCUT2D eigenvalue weighted by Crippen LogP contribution is -2.08. The average Bonchev–Trinajstić information content (AvgIpc) is 2.45. The van der Waals surface area contributed by atoms with Gasteiger partial charge in [-0.15, -0.1) is 0 Å². The molecule has 0 atom stereocenters. The van der Waals surface area contributed by atoms with Crippen molar-refractivity contribution < 1.29 is 19.0 Å². The number of nitrogens with two attached hydrogens (primary N) is 1. The first-order valence-electron chi connectivity index (χ1n) is 7.08. The summed E-state index contributed by atoms with van der Waals surface area (Å²) >= 11 is 0. The number of benzene rings is 1. The number of carbonyl (C=O) groups excluding carboxylic acids is 1. The standard InChI is InChI=1S/C16H23NO4/c1-3-9-19-14-5-7-15(8-6-14)20-10-4-11-21-16(18)12-13(2)17/h5-8,12H,3-4,9-11,17H2,1-2H3. The number of hydrogen-bond acceptors (Lipinski definition) is 5. The number of allylic oxidation sites excluding steroid dienone is 1. The Kier molecular flexibility index (Phi) is 7.79. The highest BCUT2D eigenvalue weighted by atomic mass is 16.5. The Morgan fingerprint density at radius 2 is 1.67 bits per heavy atom. The molecule has 1 rings (SSSR count). The van der Waals surface area contributed by atoms with Crippen molar-refractivity contribution in [2.45, 2.75) is 26.7 Å². The zero-order chi connectivity index (χ0) is 15.5. The van der Waals surface area contributed by atoms with Crippen molar-refractivity contribution in [1.29, 1.82) is 0 Å². The van der Waals surface area contributed by atoms with Gasteiger partial charge in [-0.05, 0) is 37.6 Å². The van der Waals surface area contributed by atoms with E-state index < -0.39 is 5.97 Å². The van der Waals surface area contributed by atoms with Crippen molar-refractivity contribution >= 4 is 5.97 Å². The normalized spacial score (nSPS) is 11.0. The molecule has 1 aromatic rings. The minimum atomic E-state index is -0.424. The van der Waals surface area contributed by atoms with E-state index in [2.05, 4.69) is 6.92 Å². The molecular weight excluding hydrogens is 270 g/mol. The minimum Gasteiger partial charge on any atom is -0.494 e. The first-order chi connectivity index (χ1) is 10.1. The summed E-state index contributed by atoms with van der Waals surface area (Å²) in [5, 5.41) is 0. The van der Waals surface area contributed by atoms with Gasteiger partial charge < -0.3 is 19.9 Å². The molecule has 0 aromatic heterocycles. The number of hydrogen-bond donors (Lipinski definition) is 1. The lowest BCUT2D eigenvalue weighted by molar-refractivity contribution is -0.138. The topological polar surface area (TPSA) is 70.8 Å². The van der Waals surface area contributed by atoms with Gasteiger partial charge in [0.2, 0.25) is 0 Å². The van der Waals surface area contributed by atoms with Crippen LogP contribution in [0.15, 0.2) is 36.0 Å². The lowest BCUT2D eigenvalue weighted by atomic mass is 10.3. The molecule has 0 aliphatic rings. The number of carbonyl (C=O) groups is 1. The zero-order valence-electron chi connectivity index (χ0n) is 12.6. The maximum Gasteiger partial charge on any atom is 0.332 e. The highest BCUT2D eigenvalue weighted by Gasteiger charge is 1.99. The summed E-state index contributed by atoms with van der Waals surface area (Å²) in [6.45, 7) is 5.20. The van der Waals surface area contributed by atoms with Gasteiger partial charge in [0, 0.05) is 18.2 Å². The SMILES string of the molecule is CCCOc1ccc(OCCCOC(=O)C=C(C)N)cc1. The molecule has 0 spiro atoms. The third kappa shape index (κ3) is 7.87. The third-order valence-corrected chi connectivity index (χ3v) is 2.44. The van der Waals surface area contributed by atoms with Gasteiger partial charge in [-0.1, -0.05) is 6.92 Å². The number of ether oxygens (including phenoxy) is 3. The maximum atomic E-state index is 11.2. The summed E-state index contributed by atoms with van der Waals surface area (Å²) in [4.78, 5) is 11.2. The molecular formula is C16H23NO4. The van der Waals surface area contributed by atoms with E-state index in [4.69, 9.17) is 19.9 Å². The van der Waals surface area contributed by atoms with Gasteiger partial charge in [-0.2, -0.15) is 0 Å². The third-order valence-electron chi connectivity index (χ3n) is 2.44. The fraction of sp³-hybridized carbons (Fsp3) is 0.438. The highest BCUT2D eigenvalue weighted by molar-refractivity contribution is 5.82. The van der Waals surface area contributed by atoms with E-state index in [9.17, 15) is 4.79 Å². The van der Waals surface area contributed by atoms with Crippen LogP contribution in [0.3, 0.4) is 0 Å². The summed E-state index contributed by atoms with van der Waals surface area (Å²) in [5.74, 6) is 1.18. The molecule has 21 heavy (non-hydrogen) atoms. The van der Waals surface area contributed by atoms with E-state index >= 15 is 0 Å². The van der Waals surface area contributed by atoms with Crippen LogP contribution in [-0.2, 0) is 9.53 Å². The molecule has 0 radical (unpaired) electrons. The van der Waals surface area contributed by atoms with Gasteiger partial charge in [0.15, 0.2) is 0 Å². The van der Waals surface area contributed by atoms with E-state index in [1.165, 1.54) is 6.08 Å². The Morgan fingerprint density at radius 3 is 2.19 bits per heavy atom. The molecule has 0 heterocycles. The van der Waals surface area contributed by atoms with Gasteiger partial charge in [-0.25, -0.2) is 4.79 Å². The molecule has 0 aliphatic carbocycles. The molecule has 0 unspecified atom stereocenters. The maximum absolute atomic E-state index is 11.2.